The van der Waals surface area contributed by atoms with Gasteiger partial charge in [-0.1, -0.05) is 24.3 Å². The molecule has 1 amide bonds. The molecular weight excluding hydrogens is 252 g/mol. The first-order valence-electron chi connectivity index (χ1n) is 6.29. The minimum atomic E-state index is -0.0723. The Labute approximate surface area is 115 Å². The van der Waals surface area contributed by atoms with Crippen LogP contribution < -0.4 is 11.1 Å². The molecule has 3 aromatic rings. The van der Waals surface area contributed by atoms with E-state index in [1.165, 1.54) is 0 Å². The largest absolute Gasteiger partial charge is 0.399 e. The van der Waals surface area contributed by atoms with Crippen LogP contribution in [0.5, 0.6) is 0 Å². The second-order valence-electron chi connectivity index (χ2n) is 4.61. The van der Waals surface area contributed by atoms with Crippen LogP contribution in [-0.4, -0.2) is 16.1 Å². The van der Waals surface area contributed by atoms with E-state index in [1.807, 2.05) is 30.3 Å². The van der Waals surface area contributed by atoms with Gasteiger partial charge >= 0.3 is 0 Å². The highest BCUT2D eigenvalue weighted by molar-refractivity contribution is 6.00. The molecule has 0 saturated heterocycles. The SMILES string of the molecule is Nc1ccc(CC(=O)Nc2cccc3cn[nH]c23)cc1. The topological polar surface area (TPSA) is 83.8 Å². The number of nitrogens with one attached hydrogen (secondary N) is 2. The molecule has 0 saturated carbocycles. The molecule has 1 aromatic heterocycles. The third-order valence-corrected chi connectivity index (χ3v) is 3.10. The van der Waals surface area contributed by atoms with Crippen LogP contribution in [0.15, 0.2) is 48.7 Å². The highest BCUT2D eigenvalue weighted by Gasteiger charge is 2.07. The number of H-pyrrole nitrogens is 1. The number of carbonyl (C=O) groups excluding carboxylic acids is 1. The lowest BCUT2D eigenvalue weighted by molar-refractivity contribution is -0.115. The Hall–Kier alpha value is -2.82. The molecule has 4 N–H and O–H groups in total. The average Bonchev–Trinajstić information content (AvgIpc) is 2.91. The Balaban J connectivity index is 1.76. The second kappa shape index (κ2) is 5.05. The minimum Gasteiger partial charge on any atom is -0.399 e. The number of nitrogen functional groups attached to an aromatic ring is 1. The van der Waals surface area contributed by atoms with Crippen LogP contribution in [0.4, 0.5) is 11.4 Å². The van der Waals surface area contributed by atoms with Crippen molar-refractivity contribution >= 4 is 28.2 Å². The summed E-state index contributed by atoms with van der Waals surface area (Å²) >= 11 is 0. The first-order valence-corrected chi connectivity index (χ1v) is 6.29. The van der Waals surface area contributed by atoms with Gasteiger partial charge in [-0.3, -0.25) is 9.89 Å². The van der Waals surface area contributed by atoms with Crippen molar-refractivity contribution in [2.45, 2.75) is 6.42 Å². The van der Waals surface area contributed by atoms with Gasteiger partial charge in [-0.2, -0.15) is 5.10 Å². The quantitative estimate of drug-likeness (QED) is 0.636. The van der Waals surface area contributed by atoms with Gasteiger partial charge < -0.3 is 11.1 Å². The van der Waals surface area contributed by atoms with E-state index in [1.54, 1.807) is 18.3 Å². The van der Waals surface area contributed by atoms with Crippen LogP contribution in [0.2, 0.25) is 0 Å². The lowest BCUT2D eigenvalue weighted by Gasteiger charge is -2.06. The fourth-order valence-corrected chi connectivity index (χ4v) is 2.09. The Morgan fingerprint density at radius 1 is 1.20 bits per heavy atom. The number of nitrogens with zero attached hydrogens (tertiary/aromatic N) is 1. The standard InChI is InChI=1S/C15H14N4O/c16-12-6-4-10(5-7-12)8-14(20)18-13-3-1-2-11-9-17-19-15(11)13/h1-7,9H,8,16H2,(H,17,19)(H,18,20). The molecule has 0 aliphatic heterocycles. The Kier molecular flexibility index (Phi) is 3.09. The summed E-state index contributed by atoms with van der Waals surface area (Å²) in [6.07, 6.45) is 2.04. The van der Waals surface area contributed by atoms with E-state index in [-0.39, 0.29) is 5.91 Å². The van der Waals surface area contributed by atoms with Gasteiger partial charge in [0.05, 0.1) is 23.8 Å². The van der Waals surface area contributed by atoms with Gasteiger partial charge in [0.15, 0.2) is 0 Å². The van der Waals surface area contributed by atoms with Crippen molar-refractivity contribution in [1.82, 2.24) is 10.2 Å². The van der Waals surface area contributed by atoms with Crippen molar-refractivity contribution in [3.05, 3.63) is 54.2 Å². The summed E-state index contributed by atoms with van der Waals surface area (Å²) in [5.74, 6) is -0.0723. The van der Waals surface area contributed by atoms with Crippen molar-refractivity contribution in [3.63, 3.8) is 0 Å². The van der Waals surface area contributed by atoms with Gasteiger partial charge in [-0.15, -0.1) is 0 Å². The maximum absolute atomic E-state index is 12.1. The molecule has 0 fully saturated rings. The summed E-state index contributed by atoms with van der Waals surface area (Å²) < 4.78 is 0. The van der Waals surface area contributed by atoms with Gasteiger partial charge in [0.2, 0.25) is 5.91 Å². The number of fused-ring (bicyclic) bond motifs is 1. The Morgan fingerprint density at radius 2 is 2.00 bits per heavy atom. The molecule has 1 heterocycles. The van der Waals surface area contributed by atoms with Crippen LogP contribution in [0.1, 0.15) is 5.56 Å². The van der Waals surface area contributed by atoms with Crippen molar-refractivity contribution in [2.75, 3.05) is 11.1 Å². The molecule has 5 nitrogen and oxygen atoms in total. The van der Waals surface area contributed by atoms with Gasteiger partial charge in [-0.25, -0.2) is 0 Å². The van der Waals surface area contributed by atoms with E-state index in [2.05, 4.69) is 15.5 Å². The third kappa shape index (κ3) is 2.47. The number of nitrogens with two attached hydrogens (primary N) is 1. The van der Waals surface area contributed by atoms with Gasteiger partial charge in [-0.05, 0) is 23.8 Å². The van der Waals surface area contributed by atoms with E-state index in [0.717, 1.165) is 22.2 Å². The number of para-hydroxylation sites is 1. The number of benzene rings is 2. The molecule has 3 rings (SSSR count). The number of hydrogen-bond acceptors (Lipinski definition) is 3. The van der Waals surface area contributed by atoms with E-state index in [4.69, 9.17) is 5.73 Å². The fourth-order valence-electron chi connectivity index (χ4n) is 2.09. The summed E-state index contributed by atoms with van der Waals surface area (Å²) in [5.41, 5.74) is 8.80. The summed E-state index contributed by atoms with van der Waals surface area (Å²) in [7, 11) is 0. The lowest BCUT2D eigenvalue weighted by atomic mass is 10.1. The molecule has 0 aliphatic rings. The molecule has 0 radical (unpaired) electrons. The molecule has 0 spiro atoms. The number of anilines is 2. The zero-order valence-corrected chi connectivity index (χ0v) is 10.8. The number of aromatic nitrogens is 2. The smallest absolute Gasteiger partial charge is 0.228 e. The molecule has 2 aromatic carbocycles. The molecule has 0 aliphatic carbocycles. The highest BCUT2D eigenvalue weighted by atomic mass is 16.1. The summed E-state index contributed by atoms with van der Waals surface area (Å²) in [6.45, 7) is 0. The van der Waals surface area contributed by atoms with E-state index >= 15 is 0 Å². The van der Waals surface area contributed by atoms with Crippen LogP contribution in [0, 0.1) is 0 Å². The first kappa shape index (κ1) is 12.2. The van der Waals surface area contributed by atoms with Crippen LogP contribution in [-0.2, 0) is 11.2 Å². The predicted octanol–water partition coefficient (Wildman–Crippen LogP) is 2.33. The van der Waals surface area contributed by atoms with Crippen molar-refractivity contribution in [2.24, 2.45) is 0 Å². The van der Waals surface area contributed by atoms with Gasteiger partial charge in [0.1, 0.15) is 0 Å². The van der Waals surface area contributed by atoms with Crippen molar-refractivity contribution in [3.8, 4) is 0 Å². The van der Waals surface area contributed by atoms with Crippen LogP contribution in [0.3, 0.4) is 0 Å². The predicted molar refractivity (Wildman–Crippen MR) is 79.3 cm³/mol. The molecule has 0 unspecified atom stereocenters. The second-order valence-corrected chi connectivity index (χ2v) is 4.61. The number of amides is 1. The van der Waals surface area contributed by atoms with Gasteiger partial charge in [0, 0.05) is 11.1 Å². The van der Waals surface area contributed by atoms with Crippen LogP contribution >= 0.6 is 0 Å². The molecular formula is C15H14N4O. The summed E-state index contributed by atoms with van der Waals surface area (Å²) in [6, 6.07) is 13.0. The highest BCUT2D eigenvalue weighted by Crippen LogP contribution is 2.20. The maximum atomic E-state index is 12.1. The van der Waals surface area contributed by atoms with Crippen molar-refractivity contribution in [1.29, 1.82) is 0 Å². The molecule has 20 heavy (non-hydrogen) atoms. The van der Waals surface area contributed by atoms with E-state index in [9.17, 15) is 4.79 Å². The van der Waals surface area contributed by atoms with E-state index in [0.29, 0.717) is 12.1 Å². The maximum Gasteiger partial charge on any atom is 0.228 e. The first-order chi connectivity index (χ1) is 9.72. The lowest BCUT2D eigenvalue weighted by Crippen LogP contribution is -2.14. The summed E-state index contributed by atoms with van der Waals surface area (Å²) in [4.78, 5) is 12.1. The Bertz CT molecular complexity index is 746. The van der Waals surface area contributed by atoms with E-state index < -0.39 is 0 Å². The summed E-state index contributed by atoms with van der Waals surface area (Å²) in [5, 5.41) is 10.7. The fraction of sp³-hybridized carbons (Fsp3) is 0.0667. The minimum absolute atomic E-state index is 0.0723. The van der Waals surface area contributed by atoms with Gasteiger partial charge in [0.25, 0.3) is 0 Å². The Morgan fingerprint density at radius 3 is 2.80 bits per heavy atom. The molecule has 100 valence electrons. The molecule has 5 heteroatoms. The van der Waals surface area contributed by atoms with Crippen LogP contribution in [0.25, 0.3) is 10.9 Å². The average molecular weight is 266 g/mol. The van der Waals surface area contributed by atoms with Crippen molar-refractivity contribution < 1.29 is 4.79 Å². The molecule has 0 atom stereocenters. The third-order valence-electron chi connectivity index (χ3n) is 3.10. The zero-order chi connectivity index (χ0) is 13.9. The number of carbonyl (C=O) groups is 1. The normalized spacial score (nSPS) is 10.6. The molecule has 0 bridgehead atoms. The number of hydrogen-bond donors (Lipinski definition) is 3. The monoisotopic (exact) mass is 266 g/mol. The number of aromatic amines is 1. The zero-order valence-electron chi connectivity index (χ0n) is 10.8. The number of rotatable bonds is 3.